The topological polar surface area (TPSA) is 58.1 Å². The second-order valence-corrected chi connectivity index (χ2v) is 7.38. The number of likely N-dealkylation sites (N-methyl/N-ethyl adjacent to an activating group) is 1. The third-order valence-corrected chi connectivity index (χ3v) is 5.57. The minimum atomic E-state index is -0.605. The number of nitrogens with one attached hydrogen (secondary N) is 1. The van der Waals surface area contributed by atoms with E-state index in [1.165, 1.54) is 23.0 Å². The van der Waals surface area contributed by atoms with Crippen LogP contribution in [0.15, 0.2) is 73.2 Å². The lowest BCUT2D eigenvalue weighted by molar-refractivity contribution is -0.133. The molecule has 0 atom stereocenters. The minimum absolute atomic E-state index is 0.0424. The van der Waals surface area contributed by atoms with Crippen LogP contribution in [0.3, 0.4) is 0 Å². The summed E-state index contributed by atoms with van der Waals surface area (Å²) in [4.78, 5) is 23.8. The summed E-state index contributed by atoms with van der Waals surface area (Å²) in [6.07, 6.45) is 4.62. The molecular formula is C23H24N4O. The second-order valence-electron chi connectivity index (χ2n) is 7.38. The Morgan fingerprint density at radius 3 is 2.36 bits per heavy atom. The van der Waals surface area contributed by atoms with Crippen molar-refractivity contribution in [3.05, 3.63) is 95.6 Å². The Kier molecular flexibility index (Phi) is 5.17. The van der Waals surface area contributed by atoms with Crippen LogP contribution in [-0.4, -0.2) is 33.4 Å². The molecule has 0 unspecified atom stereocenters. The van der Waals surface area contributed by atoms with E-state index in [2.05, 4.69) is 44.5 Å². The van der Waals surface area contributed by atoms with Crippen molar-refractivity contribution in [2.75, 3.05) is 7.05 Å². The number of fused-ring (bicyclic) bond motifs is 1. The molecular weight excluding hydrogens is 348 g/mol. The van der Waals surface area contributed by atoms with Crippen LogP contribution in [0.4, 0.5) is 0 Å². The lowest BCUT2D eigenvalue weighted by Gasteiger charge is -2.37. The number of nitrogens with zero attached hydrogens (tertiary/aromatic N) is 3. The molecule has 0 bridgehead atoms. The molecule has 0 fully saturated rings. The Balaban J connectivity index is 1.58. The first-order valence-electron chi connectivity index (χ1n) is 9.52. The van der Waals surface area contributed by atoms with Gasteiger partial charge in [-0.3, -0.25) is 9.69 Å². The van der Waals surface area contributed by atoms with Gasteiger partial charge in [0.15, 0.2) is 0 Å². The van der Waals surface area contributed by atoms with Crippen molar-refractivity contribution in [2.24, 2.45) is 0 Å². The van der Waals surface area contributed by atoms with Crippen LogP contribution in [0.5, 0.6) is 0 Å². The van der Waals surface area contributed by atoms with Crippen LogP contribution in [0.25, 0.3) is 0 Å². The molecule has 5 nitrogen and oxygen atoms in total. The van der Waals surface area contributed by atoms with Crippen LogP contribution in [0.1, 0.15) is 22.4 Å². The monoisotopic (exact) mass is 372 g/mol. The normalized spacial score (nSPS) is 14.6. The lowest BCUT2D eigenvalue weighted by atomic mass is 9.91. The van der Waals surface area contributed by atoms with Crippen LogP contribution >= 0.6 is 0 Å². The fourth-order valence-electron chi connectivity index (χ4n) is 3.97. The summed E-state index contributed by atoms with van der Waals surface area (Å²) in [5.74, 6) is 0.0424. The van der Waals surface area contributed by atoms with Gasteiger partial charge in [-0.05, 0) is 29.8 Å². The zero-order chi connectivity index (χ0) is 19.4. The molecule has 1 heterocycles. The first kappa shape index (κ1) is 18.3. The first-order chi connectivity index (χ1) is 13.7. The maximum atomic E-state index is 13.4. The second kappa shape index (κ2) is 7.90. The number of amides is 1. The van der Waals surface area contributed by atoms with Gasteiger partial charge in [0, 0.05) is 25.6 Å². The van der Waals surface area contributed by atoms with Gasteiger partial charge in [0.1, 0.15) is 11.9 Å². The summed E-state index contributed by atoms with van der Waals surface area (Å²) in [5.41, 5.74) is 3.90. The summed E-state index contributed by atoms with van der Waals surface area (Å²) in [7, 11) is 2.04. The minimum Gasteiger partial charge on any atom is -0.349 e. The summed E-state index contributed by atoms with van der Waals surface area (Å²) in [6, 6.07) is 20.5. The molecule has 0 aliphatic heterocycles. The van der Waals surface area contributed by atoms with Gasteiger partial charge in [-0.2, -0.15) is 0 Å². The molecule has 142 valence electrons. The standard InChI is InChI=1S/C23H24N4O/c1-27(16-18-7-3-2-4-8-18)23(13-19-9-5-6-10-20(19)14-23)22(28)25-15-21-11-12-24-17-26-21/h2-12,17H,13-16H2,1H3,(H,25,28). The molecule has 1 aliphatic carbocycles. The number of hydrogen-bond acceptors (Lipinski definition) is 4. The Labute approximate surface area is 165 Å². The molecule has 5 heteroatoms. The molecule has 0 radical (unpaired) electrons. The number of benzene rings is 2. The third kappa shape index (κ3) is 3.66. The zero-order valence-corrected chi connectivity index (χ0v) is 16.0. The smallest absolute Gasteiger partial charge is 0.241 e. The molecule has 1 amide bonds. The van der Waals surface area contributed by atoms with Crippen LogP contribution < -0.4 is 5.32 Å². The molecule has 3 aromatic rings. The average Bonchev–Trinajstić information content (AvgIpc) is 3.14. The van der Waals surface area contributed by atoms with Crippen molar-refractivity contribution in [3.63, 3.8) is 0 Å². The highest BCUT2D eigenvalue weighted by Crippen LogP contribution is 2.35. The molecule has 28 heavy (non-hydrogen) atoms. The molecule has 0 saturated carbocycles. The van der Waals surface area contributed by atoms with E-state index in [1.807, 2.05) is 43.4 Å². The van der Waals surface area contributed by atoms with Crippen molar-refractivity contribution in [1.82, 2.24) is 20.2 Å². The molecule has 1 aromatic heterocycles. The zero-order valence-electron chi connectivity index (χ0n) is 16.0. The Hall–Kier alpha value is -3.05. The summed E-state index contributed by atoms with van der Waals surface area (Å²) < 4.78 is 0. The molecule has 4 rings (SSSR count). The Bertz CT molecular complexity index is 918. The third-order valence-electron chi connectivity index (χ3n) is 5.57. The van der Waals surface area contributed by atoms with Crippen molar-refractivity contribution < 1.29 is 4.79 Å². The van der Waals surface area contributed by atoms with Crippen LogP contribution in [-0.2, 0) is 30.7 Å². The molecule has 1 N–H and O–H groups in total. The molecule has 0 spiro atoms. The van der Waals surface area contributed by atoms with Gasteiger partial charge >= 0.3 is 0 Å². The van der Waals surface area contributed by atoms with Crippen LogP contribution in [0, 0.1) is 0 Å². The number of aromatic nitrogens is 2. The quantitative estimate of drug-likeness (QED) is 0.723. The van der Waals surface area contributed by atoms with Crippen LogP contribution in [0.2, 0.25) is 0 Å². The van der Waals surface area contributed by atoms with Gasteiger partial charge in [-0.1, -0.05) is 54.6 Å². The molecule has 1 aliphatic rings. The van der Waals surface area contributed by atoms with Gasteiger partial charge in [0.25, 0.3) is 0 Å². The van der Waals surface area contributed by atoms with E-state index >= 15 is 0 Å². The van der Waals surface area contributed by atoms with Crippen molar-refractivity contribution in [1.29, 1.82) is 0 Å². The van der Waals surface area contributed by atoms with E-state index < -0.39 is 5.54 Å². The van der Waals surface area contributed by atoms with E-state index in [9.17, 15) is 4.79 Å². The lowest BCUT2D eigenvalue weighted by Crippen LogP contribution is -2.58. The van der Waals surface area contributed by atoms with E-state index in [4.69, 9.17) is 0 Å². The highest BCUT2D eigenvalue weighted by Gasteiger charge is 2.46. The summed E-state index contributed by atoms with van der Waals surface area (Å²) >= 11 is 0. The Morgan fingerprint density at radius 2 is 1.71 bits per heavy atom. The van der Waals surface area contributed by atoms with E-state index in [-0.39, 0.29) is 5.91 Å². The van der Waals surface area contributed by atoms with E-state index in [0.717, 1.165) is 12.2 Å². The summed E-state index contributed by atoms with van der Waals surface area (Å²) in [6.45, 7) is 1.12. The van der Waals surface area contributed by atoms with Gasteiger partial charge in [0.2, 0.25) is 5.91 Å². The number of hydrogen-bond donors (Lipinski definition) is 1. The maximum absolute atomic E-state index is 13.4. The number of carbonyl (C=O) groups is 1. The summed E-state index contributed by atoms with van der Waals surface area (Å²) in [5, 5.41) is 3.11. The molecule has 0 saturated heterocycles. The van der Waals surface area contributed by atoms with E-state index in [0.29, 0.717) is 19.4 Å². The fraction of sp³-hybridized carbons (Fsp3) is 0.261. The van der Waals surface area contributed by atoms with E-state index in [1.54, 1.807) is 6.20 Å². The van der Waals surface area contributed by atoms with Crippen molar-refractivity contribution in [2.45, 2.75) is 31.5 Å². The largest absolute Gasteiger partial charge is 0.349 e. The van der Waals surface area contributed by atoms with Gasteiger partial charge in [0.05, 0.1) is 12.2 Å². The predicted octanol–water partition coefficient (Wildman–Crippen LogP) is 2.76. The highest BCUT2D eigenvalue weighted by atomic mass is 16.2. The van der Waals surface area contributed by atoms with Gasteiger partial charge in [-0.15, -0.1) is 0 Å². The fourth-order valence-corrected chi connectivity index (χ4v) is 3.97. The molecule has 2 aromatic carbocycles. The van der Waals surface area contributed by atoms with Gasteiger partial charge in [-0.25, -0.2) is 9.97 Å². The average molecular weight is 372 g/mol. The Morgan fingerprint density at radius 1 is 1.04 bits per heavy atom. The first-order valence-corrected chi connectivity index (χ1v) is 9.52. The van der Waals surface area contributed by atoms with Gasteiger partial charge < -0.3 is 5.32 Å². The highest BCUT2D eigenvalue weighted by molar-refractivity contribution is 5.88. The van der Waals surface area contributed by atoms with Crippen molar-refractivity contribution >= 4 is 5.91 Å². The SMILES string of the molecule is CN(Cc1ccccc1)C1(C(=O)NCc2ccncn2)Cc2ccccc2C1. The maximum Gasteiger partial charge on any atom is 0.241 e. The van der Waals surface area contributed by atoms with Crippen molar-refractivity contribution in [3.8, 4) is 0 Å². The number of carbonyl (C=O) groups excluding carboxylic acids is 1. The predicted molar refractivity (Wildman–Crippen MR) is 108 cm³/mol. The number of rotatable bonds is 6.